The molecule has 6 heteroatoms. The van der Waals surface area contributed by atoms with Crippen molar-refractivity contribution in [3.8, 4) is 0 Å². The molecule has 2 rings (SSSR count). The standard InChI is InChI=1S/C15H20N2O4/c1-9-3-5-12(7-10(9)2)21-15(18)13-8-11(17(19)20)4-6-14(13)16/h4,6,8-10,12H,3,5,7,16H2,1-2H3. The number of ether oxygens (including phenoxy) is 1. The second-order valence-corrected chi connectivity index (χ2v) is 5.82. The molecule has 1 aromatic carbocycles. The Morgan fingerprint density at radius 1 is 1.33 bits per heavy atom. The molecule has 1 aliphatic rings. The van der Waals surface area contributed by atoms with Crippen molar-refractivity contribution in [3.05, 3.63) is 33.9 Å². The van der Waals surface area contributed by atoms with E-state index in [2.05, 4.69) is 13.8 Å². The monoisotopic (exact) mass is 292 g/mol. The zero-order chi connectivity index (χ0) is 15.6. The molecule has 0 aromatic heterocycles. The Hall–Kier alpha value is -2.11. The first-order valence-electron chi connectivity index (χ1n) is 7.13. The minimum atomic E-state index is -0.581. The van der Waals surface area contributed by atoms with Crippen molar-refractivity contribution < 1.29 is 14.5 Å². The summed E-state index contributed by atoms with van der Waals surface area (Å²) in [6.45, 7) is 4.34. The van der Waals surface area contributed by atoms with Crippen LogP contribution in [0, 0.1) is 22.0 Å². The van der Waals surface area contributed by atoms with Crippen LogP contribution < -0.4 is 5.73 Å². The molecular weight excluding hydrogens is 272 g/mol. The number of nitrogens with two attached hydrogens (primary N) is 1. The number of hydrogen-bond donors (Lipinski definition) is 1. The summed E-state index contributed by atoms with van der Waals surface area (Å²) < 4.78 is 5.47. The number of hydrogen-bond acceptors (Lipinski definition) is 5. The molecule has 1 aliphatic carbocycles. The molecule has 6 nitrogen and oxygen atoms in total. The minimum absolute atomic E-state index is 0.0653. The number of carbonyl (C=O) groups excluding carboxylic acids is 1. The Labute approximate surface area is 123 Å². The van der Waals surface area contributed by atoms with Crippen LogP contribution in [0.25, 0.3) is 0 Å². The van der Waals surface area contributed by atoms with Gasteiger partial charge in [0.25, 0.3) is 5.69 Å². The lowest BCUT2D eigenvalue weighted by Crippen LogP contribution is -2.29. The highest BCUT2D eigenvalue weighted by Crippen LogP contribution is 2.32. The van der Waals surface area contributed by atoms with Gasteiger partial charge in [0.1, 0.15) is 6.10 Å². The van der Waals surface area contributed by atoms with Gasteiger partial charge in [-0.15, -0.1) is 0 Å². The number of nitro groups is 1. The van der Waals surface area contributed by atoms with Crippen molar-refractivity contribution >= 4 is 17.3 Å². The van der Waals surface area contributed by atoms with E-state index in [0.29, 0.717) is 11.8 Å². The van der Waals surface area contributed by atoms with Crippen molar-refractivity contribution in [2.75, 3.05) is 5.73 Å². The third-order valence-corrected chi connectivity index (χ3v) is 4.29. The Balaban J connectivity index is 2.10. The van der Waals surface area contributed by atoms with Crippen LogP contribution in [0.2, 0.25) is 0 Å². The lowest BCUT2D eigenvalue weighted by Gasteiger charge is -2.31. The van der Waals surface area contributed by atoms with Crippen LogP contribution in [0.5, 0.6) is 0 Å². The lowest BCUT2D eigenvalue weighted by atomic mass is 9.80. The average molecular weight is 292 g/mol. The van der Waals surface area contributed by atoms with Gasteiger partial charge in [-0.2, -0.15) is 0 Å². The third kappa shape index (κ3) is 3.51. The van der Waals surface area contributed by atoms with Crippen LogP contribution in [0.1, 0.15) is 43.5 Å². The van der Waals surface area contributed by atoms with Crippen LogP contribution in [-0.4, -0.2) is 17.0 Å². The quantitative estimate of drug-likeness (QED) is 0.399. The highest BCUT2D eigenvalue weighted by atomic mass is 16.6. The topological polar surface area (TPSA) is 95.5 Å². The first kappa shape index (κ1) is 15.3. The number of carbonyl (C=O) groups is 1. The van der Waals surface area contributed by atoms with Crippen molar-refractivity contribution in [3.63, 3.8) is 0 Å². The summed E-state index contributed by atoms with van der Waals surface area (Å²) in [5.74, 6) is 0.546. The maximum Gasteiger partial charge on any atom is 0.340 e. The molecule has 1 saturated carbocycles. The molecule has 0 radical (unpaired) electrons. The predicted molar refractivity (Wildman–Crippen MR) is 78.9 cm³/mol. The fraction of sp³-hybridized carbons (Fsp3) is 0.533. The van der Waals surface area contributed by atoms with Crippen LogP contribution in [0.3, 0.4) is 0 Å². The molecular formula is C15H20N2O4. The van der Waals surface area contributed by atoms with E-state index >= 15 is 0 Å². The highest BCUT2D eigenvalue weighted by Gasteiger charge is 2.28. The van der Waals surface area contributed by atoms with Gasteiger partial charge < -0.3 is 10.5 Å². The number of nitro benzene ring substituents is 1. The van der Waals surface area contributed by atoms with Gasteiger partial charge in [0.05, 0.1) is 10.5 Å². The Kier molecular flexibility index (Phi) is 4.45. The van der Waals surface area contributed by atoms with E-state index < -0.39 is 10.9 Å². The summed E-state index contributed by atoms with van der Waals surface area (Å²) >= 11 is 0. The predicted octanol–water partition coefficient (Wildman–Crippen LogP) is 3.16. The van der Waals surface area contributed by atoms with Gasteiger partial charge >= 0.3 is 5.97 Å². The highest BCUT2D eigenvalue weighted by molar-refractivity contribution is 5.95. The molecule has 114 valence electrons. The Morgan fingerprint density at radius 3 is 2.67 bits per heavy atom. The fourth-order valence-electron chi connectivity index (χ4n) is 2.65. The van der Waals surface area contributed by atoms with Crippen LogP contribution in [0.15, 0.2) is 18.2 Å². The molecule has 1 fully saturated rings. The van der Waals surface area contributed by atoms with Gasteiger partial charge in [0, 0.05) is 17.8 Å². The molecule has 21 heavy (non-hydrogen) atoms. The van der Waals surface area contributed by atoms with Crippen molar-refractivity contribution in [1.29, 1.82) is 0 Å². The van der Waals surface area contributed by atoms with Crippen molar-refractivity contribution in [2.45, 2.75) is 39.2 Å². The molecule has 0 spiro atoms. The largest absolute Gasteiger partial charge is 0.459 e. The number of non-ortho nitro benzene ring substituents is 1. The number of anilines is 1. The summed E-state index contributed by atoms with van der Waals surface area (Å²) in [4.78, 5) is 22.4. The van der Waals surface area contributed by atoms with Crippen molar-refractivity contribution in [2.24, 2.45) is 11.8 Å². The van der Waals surface area contributed by atoms with E-state index in [1.165, 1.54) is 18.2 Å². The first-order chi connectivity index (χ1) is 9.88. The van der Waals surface area contributed by atoms with Gasteiger partial charge in [-0.1, -0.05) is 13.8 Å². The van der Waals surface area contributed by atoms with Crippen molar-refractivity contribution in [1.82, 2.24) is 0 Å². The van der Waals surface area contributed by atoms with Crippen LogP contribution in [0.4, 0.5) is 11.4 Å². The van der Waals surface area contributed by atoms with Gasteiger partial charge in [-0.3, -0.25) is 10.1 Å². The molecule has 0 bridgehead atoms. The first-order valence-corrected chi connectivity index (χ1v) is 7.13. The summed E-state index contributed by atoms with van der Waals surface area (Å²) in [5.41, 5.74) is 5.82. The Bertz CT molecular complexity index is 559. The molecule has 2 N–H and O–H groups in total. The zero-order valence-corrected chi connectivity index (χ0v) is 12.2. The molecule has 3 atom stereocenters. The van der Waals surface area contributed by atoms with Gasteiger partial charge in [-0.25, -0.2) is 4.79 Å². The van der Waals surface area contributed by atoms with E-state index in [1.807, 2.05) is 0 Å². The molecule has 1 aromatic rings. The van der Waals surface area contributed by atoms with Gasteiger partial charge in [0.15, 0.2) is 0 Å². The molecule has 3 unspecified atom stereocenters. The lowest BCUT2D eigenvalue weighted by molar-refractivity contribution is -0.384. The smallest absolute Gasteiger partial charge is 0.340 e. The summed E-state index contributed by atoms with van der Waals surface area (Å²) in [5, 5.41) is 10.8. The fourth-order valence-corrected chi connectivity index (χ4v) is 2.65. The molecule has 0 saturated heterocycles. The minimum Gasteiger partial charge on any atom is -0.459 e. The molecule has 0 amide bonds. The summed E-state index contributed by atoms with van der Waals surface area (Å²) in [7, 11) is 0. The number of benzene rings is 1. The maximum absolute atomic E-state index is 12.2. The SMILES string of the molecule is CC1CCC(OC(=O)c2cc([N+](=O)[O-])ccc2N)CC1C. The summed E-state index contributed by atoms with van der Waals surface area (Å²) in [6, 6.07) is 3.81. The molecule has 0 heterocycles. The Morgan fingerprint density at radius 2 is 2.05 bits per heavy atom. The molecule has 0 aliphatic heterocycles. The van der Waals surface area contributed by atoms with Crippen LogP contribution in [-0.2, 0) is 4.74 Å². The van der Waals surface area contributed by atoms with E-state index in [4.69, 9.17) is 10.5 Å². The van der Waals surface area contributed by atoms with Crippen LogP contribution >= 0.6 is 0 Å². The van der Waals surface area contributed by atoms with Gasteiger partial charge in [0.2, 0.25) is 0 Å². The third-order valence-electron chi connectivity index (χ3n) is 4.29. The normalized spacial score (nSPS) is 25.3. The second kappa shape index (κ2) is 6.11. The second-order valence-electron chi connectivity index (χ2n) is 5.82. The maximum atomic E-state index is 12.2. The van der Waals surface area contributed by atoms with E-state index in [1.54, 1.807) is 0 Å². The van der Waals surface area contributed by atoms with E-state index in [-0.39, 0.29) is 23.0 Å². The number of esters is 1. The number of nitrogen functional groups attached to an aromatic ring is 1. The summed E-state index contributed by atoms with van der Waals surface area (Å²) in [6.07, 6.45) is 2.53. The van der Waals surface area contributed by atoms with Gasteiger partial charge in [-0.05, 0) is 37.2 Å². The zero-order valence-electron chi connectivity index (χ0n) is 12.2. The number of rotatable bonds is 3. The number of nitrogens with zero attached hydrogens (tertiary/aromatic N) is 1. The van der Waals surface area contributed by atoms with E-state index in [9.17, 15) is 14.9 Å². The average Bonchev–Trinajstić information content (AvgIpc) is 2.43. The van der Waals surface area contributed by atoms with E-state index in [0.717, 1.165) is 19.3 Å².